The van der Waals surface area contributed by atoms with Crippen LogP contribution in [-0.4, -0.2) is 54.8 Å². The molecule has 0 aromatic heterocycles. The summed E-state index contributed by atoms with van der Waals surface area (Å²) in [6, 6.07) is 14.2. The van der Waals surface area contributed by atoms with Crippen LogP contribution in [0.5, 0.6) is 5.75 Å². The minimum Gasteiger partial charge on any atom is -0.508 e. The molecule has 3 aliphatic carbocycles. The molecule has 208 valence electrons. The van der Waals surface area contributed by atoms with E-state index in [0.717, 1.165) is 29.9 Å². The normalized spacial score (nSPS) is 27.8. The number of fused-ring (bicyclic) bond motifs is 3. The van der Waals surface area contributed by atoms with Gasteiger partial charge in [0.2, 0.25) is 11.8 Å². The number of morpholine rings is 1. The quantitative estimate of drug-likeness (QED) is 0.352. The van der Waals surface area contributed by atoms with E-state index in [1.807, 2.05) is 30.3 Å². The number of rotatable bonds is 3. The molecule has 4 atom stereocenters. The smallest absolute Gasteiger partial charge is 0.238 e. The fourth-order valence-electron chi connectivity index (χ4n) is 7.30. The number of phenolic OH excluding ortho intramolecular Hbond substituents is 1. The largest absolute Gasteiger partial charge is 0.508 e. The first-order valence-electron chi connectivity index (χ1n) is 14.1. The van der Waals surface area contributed by atoms with E-state index in [4.69, 9.17) is 4.74 Å². The Morgan fingerprint density at radius 2 is 1.54 bits per heavy atom. The van der Waals surface area contributed by atoms with E-state index in [2.05, 4.69) is 4.90 Å². The molecular formula is C33H30N2O6. The third-order valence-corrected chi connectivity index (χ3v) is 9.28. The molecule has 0 bridgehead atoms. The van der Waals surface area contributed by atoms with Gasteiger partial charge in [0.1, 0.15) is 5.75 Å². The van der Waals surface area contributed by atoms with Crippen LogP contribution >= 0.6 is 0 Å². The Bertz CT molecular complexity index is 1580. The van der Waals surface area contributed by atoms with E-state index < -0.39 is 17.8 Å². The molecule has 0 saturated carbocycles. The predicted molar refractivity (Wildman–Crippen MR) is 151 cm³/mol. The maximum atomic E-state index is 14.1. The maximum Gasteiger partial charge on any atom is 0.238 e. The molecule has 5 aliphatic rings. The molecule has 2 aromatic carbocycles. The van der Waals surface area contributed by atoms with Crippen LogP contribution < -0.4 is 9.80 Å². The molecule has 2 amide bonds. The third-order valence-electron chi connectivity index (χ3n) is 9.28. The molecule has 2 fully saturated rings. The highest BCUT2D eigenvalue weighted by Gasteiger charge is 2.56. The zero-order valence-corrected chi connectivity index (χ0v) is 22.7. The molecule has 41 heavy (non-hydrogen) atoms. The van der Waals surface area contributed by atoms with E-state index in [1.54, 1.807) is 31.2 Å². The van der Waals surface area contributed by atoms with Crippen molar-refractivity contribution in [3.05, 3.63) is 88.5 Å². The summed E-state index contributed by atoms with van der Waals surface area (Å²) in [5, 5.41) is 9.92. The van der Waals surface area contributed by atoms with Crippen LogP contribution in [0.1, 0.15) is 31.2 Å². The van der Waals surface area contributed by atoms with Crippen LogP contribution in [0.4, 0.5) is 11.4 Å². The predicted octanol–water partition coefficient (Wildman–Crippen LogP) is 3.86. The second kappa shape index (κ2) is 9.66. The summed E-state index contributed by atoms with van der Waals surface area (Å²) in [4.78, 5) is 58.0. The highest BCUT2D eigenvalue weighted by atomic mass is 16.5. The topological polar surface area (TPSA) is 104 Å². The summed E-state index contributed by atoms with van der Waals surface area (Å²) in [5.74, 6) is -2.82. The number of ketones is 2. The number of hydrogen-bond donors (Lipinski definition) is 1. The molecule has 0 unspecified atom stereocenters. The number of amides is 2. The van der Waals surface area contributed by atoms with Crippen molar-refractivity contribution >= 4 is 34.8 Å². The molecule has 1 N–H and O–H groups in total. The van der Waals surface area contributed by atoms with Crippen LogP contribution in [0.2, 0.25) is 0 Å². The Labute approximate surface area is 237 Å². The van der Waals surface area contributed by atoms with Crippen LogP contribution in [0, 0.1) is 17.8 Å². The second-order valence-corrected chi connectivity index (χ2v) is 11.4. The van der Waals surface area contributed by atoms with E-state index in [-0.39, 0.29) is 41.5 Å². The Balaban J connectivity index is 1.25. The number of imide groups is 1. The van der Waals surface area contributed by atoms with Crippen molar-refractivity contribution in [1.29, 1.82) is 0 Å². The summed E-state index contributed by atoms with van der Waals surface area (Å²) in [7, 11) is 0. The highest BCUT2D eigenvalue weighted by molar-refractivity contribution is 6.25. The fourth-order valence-corrected chi connectivity index (χ4v) is 7.30. The minimum atomic E-state index is -0.620. The van der Waals surface area contributed by atoms with E-state index >= 15 is 0 Å². The number of carbonyl (C=O) groups is 4. The maximum absolute atomic E-state index is 14.1. The first kappa shape index (κ1) is 25.7. The van der Waals surface area contributed by atoms with Gasteiger partial charge in [0.15, 0.2) is 11.6 Å². The zero-order chi connectivity index (χ0) is 28.4. The molecule has 0 radical (unpaired) electrons. The lowest BCUT2D eigenvalue weighted by Crippen LogP contribution is -2.39. The zero-order valence-electron chi connectivity index (χ0n) is 22.7. The van der Waals surface area contributed by atoms with Gasteiger partial charge in [-0.1, -0.05) is 23.8 Å². The van der Waals surface area contributed by atoms with Crippen molar-refractivity contribution in [2.45, 2.75) is 25.7 Å². The lowest BCUT2D eigenvalue weighted by molar-refractivity contribution is -0.123. The first-order chi connectivity index (χ1) is 19.8. The van der Waals surface area contributed by atoms with Gasteiger partial charge in [0.25, 0.3) is 0 Å². The minimum absolute atomic E-state index is 0.0990. The van der Waals surface area contributed by atoms with Crippen LogP contribution in [-0.2, 0) is 23.9 Å². The molecule has 2 aromatic rings. The molecule has 0 spiro atoms. The standard InChI is InChI=1S/C33H30N2O6/c1-18-16-27(37)26-17-25-23(28(30(26)31(18)38)19-2-8-22(36)9-3-19)10-11-24-29(25)33(40)35(32(24)39)21-6-4-20(5-7-21)34-12-14-41-15-13-34/h2-10,16,24-25,28-29,36H,11-15,17H2,1H3/t24-,25+,28-,29-/m0/s1. The van der Waals surface area contributed by atoms with Crippen molar-refractivity contribution in [3.63, 3.8) is 0 Å². The molecule has 7 rings (SSSR count). The number of ether oxygens (including phenoxy) is 1. The van der Waals surface area contributed by atoms with Crippen molar-refractivity contribution in [1.82, 2.24) is 0 Å². The van der Waals surface area contributed by atoms with Gasteiger partial charge in [-0.15, -0.1) is 0 Å². The lowest BCUT2D eigenvalue weighted by Gasteiger charge is -2.42. The van der Waals surface area contributed by atoms with Gasteiger partial charge in [0, 0.05) is 41.4 Å². The summed E-state index contributed by atoms with van der Waals surface area (Å²) in [6.45, 7) is 4.56. The summed E-state index contributed by atoms with van der Waals surface area (Å²) >= 11 is 0. The summed E-state index contributed by atoms with van der Waals surface area (Å²) in [6.07, 6.45) is 4.02. The van der Waals surface area contributed by atoms with Gasteiger partial charge in [-0.3, -0.25) is 24.1 Å². The van der Waals surface area contributed by atoms with E-state index in [1.165, 1.54) is 11.0 Å². The van der Waals surface area contributed by atoms with E-state index in [9.17, 15) is 24.3 Å². The second-order valence-electron chi connectivity index (χ2n) is 11.4. The highest BCUT2D eigenvalue weighted by Crippen LogP contribution is 2.55. The Hall–Kier alpha value is -4.30. The third kappa shape index (κ3) is 4.00. The SMILES string of the molecule is CC1=CC(=O)C2=C(C1=O)[C@@H](c1ccc(O)cc1)C1=CC[C@@H]3C(=O)N(c4ccc(N5CCOCC5)cc4)C(=O)[C@@H]3[C@@H]1C2. The number of Topliss-reactive ketones (excluding diaryl/α,β-unsaturated/α-hetero) is 1. The number of aromatic hydroxyl groups is 1. The molecule has 8 nitrogen and oxygen atoms in total. The molecule has 2 saturated heterocycles. The van der Waals surface area contributed by atoms with Crippen LogP contribution in [0.25, 0.3) is 0 Å². The van der Waals surface area contributed by atoms with Crippen molar-refractivity contribution in [2.24, 2.45) is 17.8 Å². The molecular weight excluding hydrogens is 520 g/mol. The Morgan fingerprint density at radius 3 is 2.24 bits per heavy atom. The number of benzene rings is 2. The Kier molecular flexibility index (Phi) is 6.05. The van der Waals surface area contributed by atoms with Gasteiger partial charge in [0.05, 0.1) is 30.7 Å². The average Bonchev–Trinajstić information content (AvgIpc) is 3.25. The summed E-state index contributed by atoms with van der Waals surface area (Å²) in [5.41, 5.74) is 4.50. The summed E-state index contributed by atoms with van der Waals surface area (Å²) < 4.78 is 5.44. The van der Waals surface area contributed by atoms with Gasteiger partial charge in [-0.05, 0) is 73.7 Å². The number of anilines is 2. The van der Waals surface area contributed by atoms with Crippen molar-refractivity contribution in [2.75, 3.05) is 36.1 Å². The number of nitrogens with zero attached hydrogens (tertiary/aromatic N) is 2. The first-order valence-corrected chi connectivity index (χ1v) is 14.1. The average molecular weight is 551 g/mol. The number of phenols is 1. The Morgan fingerprint density at radius 1 is 0.854 bits per heavy atom. The fraction of sp³-hybridized carbons (Fsp3) is 0.333. The molecule has 8 heteroatoms. The van der Waals surface area contributed by atoms with Crippen molar-refractivity contribution < 1.29 is 29.0 Å². The van der Waals surface area contributed by atoms with Gasteiger partial charge in [-0.25, -0.2) is 0 Å². The number of allylic oxidation sites excluding steroid dienone is 6. The van der Waals surface area contributed by atoms with E-state index in [0.29, 0.717) is 42.0 Å². The monoisotopic (exact) mass is 550 g/mol. The van der Waals surface area contributed by atoms with Crippen LogP contribution in [0.15, 0.2) is 83.0 Å². The van der Waals surface area contributed by atoms with Gasteiger partial charge in [-0.2, -0.15) is 0 Å². The van der Waals surface area contributed by atoms with Crippen molar-refractivity contribution in [3.8, 4) is 5.75 Å². The molecule has 2 heterocycles. The van der Waals surface area contributed by atoms with Crippen LogP contribution in [0.3, 0.4) is 0 Å². The van der Waals surface area contributed by atoms with Gasteiger partial charge >= 0.3 is 0 Å². The number of carbonyl (C=O) groups excluding carboxylic acids is 4. The van der Waals surface area contributed by atoms with Gasteiger partial charge < -0.3 is 14.7 Å². The number of hydrogen-bond acceptors (Lipinski definition) is 7. The molecule has 2 aliphatic heterocycles. The lowest BCUT2D eigenvalue weighted by atomic mass is 9.59.